The van der Waals surface area contributed by atoms with Gasteiger partial charge in [0, 0.05) is 0 Å². The molecular formula is C18H16N2O2S. The van der Waals surface area contributed by atoms with Gasteiger partial charge < -0.3 is 5.32 Å². The summed E-state index contributed by atoms with van der Waals surface area (Å²) >= 11 is 1.66. The van der Waals surface area contributed by atoms with Crippen molar-refractivity contribution in [2.24, 2.45) is 0 Å². The van der Waals surface area contributed by atoms with Crippen LogP contribution in [0.25, 0.3) is 0 Å². The quantitative estimate of drug-likeness (QED) is 0.877. The summed E-state index contributed by atoms with van der Waals surface area (Å²) in [6, 6.07) is 15.6. The van der Waals surface area contributed by atoms with E-state index in [4.69, 9.17) is 0 Å². The lowest BCUT2D eigenvalue weighted by Gasteiger charge is -2.33. The Morgan fingerprint density at radius 2 is 1.91 bits per heavy atom. The maximum Gasteiger partial charge on any atom is 0.245 e. The predicted molar refractivity (Wildman–Crippen MR) is 92.8 cm³/mol. The van der Waals surface area contributed by atoms with E-state index in [1.165, 1.54) is 5.56 Å². The standard InChI is InChI=1S/C18H16N2O2S/c21-16-11-20(15-8-4-3-7-14(15)19-16)18(22)17-13-6-2-1-5-12(13)9-10-23-17/h1-8,17H,9-11H2,(H,19,21)/t17-/m0/s1. The Labute approximate surface area is 138 Å². The molecule has 2 aromatic rings. The molecule has 1 atom stereocenters. The summed E-state index contributed by atoms with van der Waals surface area (Å²) in [5.74, 6) is 0.769. The van der Waals surface area contributed by atoms with Crippen LogP contribution in [-0.2, 0) is 16.0 Å². The molecule has 0 fully saturated rings. The lowest BCUT2D eigenvalue weighted by molar-refractivity contribution is -0.121. The molecule has 0 saturated heterocycles. The van der Waals surface area contributed by atoms with Crippen molar-refractivity contribution in [1.29, 1.82) is 0 Å². The molecule has 4 rings (SSSR count). The molecule has 116 valence electrons. The topological polar surface area (TPSA) is 49.4 Å². The molecule has 0 saturated carbocycles. The third-order valence-electron chi connectivity index (χ3n) is 4.25. The van der Waals surface area contributed by atoms with Crippen molar-refractivity contribution < 1.29 is 9.59 Å². The van der Waals surface area contributed by atoms with Gasteiger partial charge in [-0.25, -0.2) is 0 Å². The van der Waals surface area contributed by atoms with E-state index in [2.05, 4.69) is 11.4 Å². The minimum Gasteiger partial charge on any atom is -0.323 e. The molecule has 2 aromatic carbocycles. The van der Waals surface area contributed by atoms with Crippen LogP contribution in [0, 0.1) is 0 Å². The van der Waals surface area contributed by atoms with Crippen LogP contribution in [0.2, 0.25) is 0 Å². The third-order valence-corrected chi connectivity index (χ3v) is 5.48. The molecule has 2 heterocycles. The Morgan fingerprint density at radius 1 is 1.13 bits per heavy atom. The molecule has 23 heavy (non-hydrogen) atoms. The molecule has 0 spiro atoms. The number of nitrogens with zero attached hydrogens (tertiary/aromatic N) is 1. The number of para-hydroxylation sites is 2. The van der Waals surface area contributed by atoms with Crippen LogP contribution in [0.1, 0.15) is 16.4 Å². The van der Waals surface area contributed by atoms with Crippen LogP contribution in [0.4, 0.5) is 11.4 Å². The van der Waals surface area contributed by atoms with Crippen LogP contribution >= 0.6 is 11.8 Å². The first kappa shape index (κ1) is 14.3. The van der Waals surface area contributed by atoms with E-state index >= 15 is 0 Å². The number of fused-ring (bicyclic) bond motifs is 2. The first-order valence-corrected chi connectivity index (χ1v) is 8.68. The molecule has 0 aromatic heterocycles. The van der Waals surface area contributed by atoms with Gasteiger partial charge in [0.15, 0.2) is 0 Å². The zero-order valence-electron chi connectivity index (χ0n) is 12.5. The van der Waals surface area contributed by atoms with Gasteiger partial charge in [-0.15, -0.1) is 11.8 Å². The molecular weight excluding hydrogens is 308 g/mol. The van der Waals surface area contributed by atoms with Gasteiger partial charge in [-0.1, -0.05) is 36.4 Å². The Morgan fingerprint density at radius 3 is 2.83 bits per heavy atom. The van der Waals surface area contributed by atoms with E-state index < -0.39 is 0 Å². The lowest BCUT2D eigenvalue weighted by atomic mass is 10.0. The van der Waals surface area contributed by atoms with Gasteiger partial charge in [0.1, 0.15) is 11.8 Å². The Bertz CT molecular complexity index is 790. The second-order valence-electron chi connectivity index (χ2n) is 5.69. The molecule has 2 amide bonds. The SMILES string of the molecule is O=C1CN(C(=O)[C@H]2SCCc3ccccc32)c2ccccc2N1. The van der Waals surface area contributed by atoms with Gasteiger partial charge in [-0.2, -0.15) is 0 Å². The number of rotatable bonds is 1. The smallest absolute Gasteiger partial charge is 0.245 e. The van der Waals surface area contributed by atoms with Crippen LogP contribution in [0.3, 0.4) is 0 Å². The van der Waals surface area contributed by atoms with Crippen molar-refractivity contribution in [2.45, 2.75) is 11.7 Å². The maximum absolute atomic E-state index is 13.1. The van der Waals surface area contributed by atoms with Crippen LogP contribution in [-0.4, -0.2) is 24.1 Å². The van der Waals surface area contributed by atoms with Gasteiger partial charge in [0.25, 0.3) is 0 Å². The summed E-state index contributed by atoms with van der Waals surface area (Å²) in [6.07, 6.45) is 0.988. The average molecular weight is 324 g/mol. The predicted octanol–water partition coefficient (Wildman–Crippen LogP) is 3.00. The highest BCUT2D eigenvalue weighted by Gasteiger charge is 2.34. The maximum atomic E-state index is 13.1. The number of hydrogen-bond acceptors (Lipinski definition) is 3. The summed E-state index contributed by atoms with van der Waals surface area (Å²) in [5.41, 5.74) is 3.79. The van der Waals surface area contributed by atoms with E-state index in [0.29, 0.717) is 5.69 Å². The van der Waals surface area contributed by atoms with Gasteiger partial charge >= 0.3 is 0 Å². The number of carbonyl (C=O) groups is 2. The molecule has 0 bridgehead atoms. The van der Waals surface area contributed by atoms with Gasteiger partial charge in [-0.3, -0.25) is 14.5 Å². The fourth-order valence-corrected chi connectivity index (χ4v) is 4.42. The third kappa shape index (κ3) is 2.51. The summed E-state index contributed by atoms with van der Waals surface area (Å²) in [5, 5.41) is 2.59. The number of carbonyl (C=O) groups excluding carboxylic acids is 2. The molecule has 4 nitrogen and oxygen atoms in total. The largest absolute Gasteiger partial charge is 0.323 e. The first-order chi connectivity index (χ1) is 11.2. The highest BCUT2D eigenvalue weighted by Crippen LogP contribution is 2.40. The van der Waals surface area contributed by atoms with Crippen molar-refractivity contribution in [3.05, 3.63) is 59.7 Å². The van der Waals surface area contributed by atoms with Crippen molar-refractivity contribution in [1.82, 2.24) is 0 Å². The van der Waals surface area contributed by atoms with Crippen LogP contribution < -0.4 is 10.2 Å². The fraction of sp³-hybridized carbons (Fsp3) is 0.222. The summed E-state index contributed by atoms with van der Waals surface area (Å²) in [4.78, 5) is 26.7. The second-order valence-corrected chi connectivity index (χ2v) is 6.90. The molecule has 1 N–H and O–H groups in total. The zero-order valence-corrected chi connectivity index (χ0v) is 13.3. The highest BCUT2D eigenvalue weighted by atomic mass is 32.2. The minimum absolute atomic E-state index is 0.00977. The van der Waals surface area contributed by atoms with Crippen molar-refractivity contribution in [3.8, 4) is 0 Å². The molecule has 2 aliphatic rings. The Kier molecular flexibility index (Phi) is 3.58. The zero-order chi connectivity index (χ0) is 15.8. The lowest BCUT2D eigenvalue weighted by Crippen LogP contribution is -2.44. The van der Waals surface area contributed by atoms with E-state index in [-0.39, 0.29) is 23.6 Å². The van der Waals surface area contributed by atoms with Gasteiger partial charge in [0.05, 0.1) is 11.4 Å². The minimum atomic E-state index is -0.237. The molecule has 2 aliphatic heterocycles. The fourth-order valence-electron chi connectivity index (χ4n) is 3.17. The van der Waals surface area contributed by atoms with E-state index in [1.54, 1.807) is 16.7 Å². The normalized spacial score (nSPS) is 19.6. The summed E-state index contributed by atoms with van der Waals surface area (Å²) < 4.78 is 0. The molecule has 0 aliphatic carbocycles. The Balaban J connectivity index is 1.72. The van der Waals surface area contributed by atoms with E-state index in [9.17, 15) is 9.59 Å². The average Bonchev–Trinajstić information content (AvgIpc) is 2.60. The summed E-state index contributed by atoms with van der Waals surface area (Å²) in [7, 11) is 0. The molecule has 5 heteroatoms. The number of benzene rings is 2. The number of hydrogen-bond donors (Lipinski definition) is 1. The number of amides is 2. The van der Waals surface area contributed by atoms with E-state index in [1.807, 2.05) is 42.5 Å². The number of thioether (sulfide) groups is 1. The number of nitrogens with one attached hydrogen (secondary N) is 1. The highest BCUT2D eigenvalue weighted by molar-refractivity contribution is 8.00. The molecule has 0 radical (unpaired) electrons. The van der Waals surface area contributed by atoms with Crippen molar-refractivity contribution in [2.75, 3.05) is 22.5 Å². The Hall–Kier alpha value is -2.27. The first-order valence-electron chi connectivity index (χ1n) is 7.64. The van der Waals surface area contributed by atoms with Crippen LogP contribution in [0.5, 0.6) is 0 Å². The van der Waals surface area contributed by atoms with Crippen molar-refractivity contribution >= 4 is 35.0 Å². The number of aryl methyl sites for hydroxylation is 1. The van der Waals surface area contributed by atoms with Crippen LogP contribution in [0.15, 0.2) is 48.5 Å². The van der Waals surface area contributed by atoms with Gasteiger partial charge in [-0.05, 0) is 35.4 Å². The van der Waals surface area contributed by atoms with Crippen molar-refractivity contribution in [3.63, 3.8) is 0 Å². The monoisotopic (exact) mass is 324 g/mol. The number of anilines is 2. The van der Waals surface area contributed by atoms with Gasteiger partial charge in [0.2, 0.25) is 11.8 Å². The second kappa shape index (κ2) is 5.74. The van der Waals surface area contributed by atoms with E-state index in [0.717, 1.165) is 23.4 Å². The molecule has 0 unspecified atom stereocenters. The summed E-state index contributed by atoms with van der Waals surface area (Å²) in [6.45, 7) is 0.0784.